The minimum Gasteiger partial charge on any atom is -0.507 e. The number of benzene rings is 2. The van der Waals surface area contributed by atoms with Gasteiger partial charge in [-0.05, 0) is 36.1 Å². The topological polar surface area (TPSA) is 96.3 Å². The number of phenols is 1. The first-order valence-corrected chi connectivity index (χ1v) is 10.2. The highest BCUT2D eigenvalue weighted by atomic mass is 16.5. The first-order chi connectivity index (χ1) is 14.9. The van der Waals surface area contributed by atoms with Crippen molar-refractivity contribution in [1.82, 2.24) is 4.90 Å². The Morgan fingerprint density at radius 2 is 1.81 bits per heavy atom. The molecule has 3 rings (SSSR count). The second-order valence-electron chi connectivity index (χ2n) is 7.32. The summed E-state index contributed by atoms with van der Waals surface area (Å²) in [5.74, 6) is -1.53. The van der Waals surface area contributed by atoms with Gasteiger partial charge in [-0.3, -0.25) is 9.59 Å². The number of likely N-dealkylation sites (tertiary alicyclic amines) is 1. The van der Waals surface area contributed by atoms with Crippen LogP contribution in [0.25, 0.3) is 5.76 Å². The van der Waals surface area contributed by atoms with Crippen LogP contribution in [0.2, 0.25) is 0 Å². The lowest BCUT2D eigenvalue weighted by Crippen LogP contribution is -2.31. The standard InChI is InChI=1S/C24H27NO6/c1-4-15-6-8-16(9-7-15)22(27)20-21(17-10-11-19(31-3)18(26)14-17)25(12-5-13-30-2)24(29)23(20)28/h6-11,14,21,26-27H,4-5,12-13H2,1-3H3/b22-20-. The van der Waals surface area contributed by atoms with Crippen LogP contribution in [0.5, 0.6) is 11.5 Å². The second-order valence-corrected chi connectivity index (χ2v) is 7.32. The fourth-order valence-corrected chi connectivity index (χ4v) is 3.77. The Morgan fingerprint density at radius 1 is 1.10 bits per heavy atom. The molecule has 1 fully saturated rings. The lowest BCUT2D eigenvalue weighted by molar-refractivity contribution is -0.140. The molecule has 0 bridgehead atoms. The number of Topliss-reactive ketones (excluding diaryl/α,β-unsaturated/α-hetero) is 1. The smallest absolute Gasteiger partial charge is 0.295 e. The van der Waals surface area contributed by atoms with Crippen LogP contribution in [0.15, 0.2) is 48.0 Å². The first-order valence-electron chi connectivity index (χ1n) is 10.2. The van der Waals surface area contributed by atoms with E-state index in [9.17, 15) is 19.8 Å². The van der Waals surface area contributed by atoms with Gasteiger partial charge < -0.3 is 24.6 Å². The molecule has 2 aromatic rings. The Morgan fingerprint density at radius 3 is 2.39 bits per heavy atom. The highest BCUT2D eigenvalue weighted by Gasteiger charge is 2.46. The van der Waals surface area contributed by atoms with Crippen molar-refractivity contribution in [3.05, 3.63) is 64.7 Å². The van der Waals surface area contributed by atoms with Crippen molar-refractivity contribution in [2.75, 3.05) is 27.4 Å². The molecule has 0 aliphatic carbocycles. The number of methoxy groups -OCH3 is 2. The number of phenolic OH excluding ortho intramolecular Hbond substituents is 1. The summed E-state index contributed by atoms with van der Waals surface area (Å²) < 4.78 is 10.2. The molecule has 1 heterocycles. The van der Waals surface area contributed by atoms with Gasteiger partial charge in [0.15, 0.2) is 11.5 Å². The average molecular weight is 425 g/mol. The highest BCUT2D eigenvalue weighted by molar-refractivity contribution is 6.46. The maximum absolute atomic E-state index is 13.0. The van der Waals surface area contributed by atoms with Gasteiger partial charge in [0.05, 0.1) is 18.7 Å². The number of carbonyl (C=O) groups is 2. The van der Waals surface area contributed by atoms with Crippen LogP contribution in [-0.2, 0) is 20.7 Å². The van der Waals surface area contributed by atoms with Crippen molar-refractivity contribution in [3.8, 4) is 11.5 Å². The summed E-state index contributed by atoms with van der Waals surface area (Å²) in [6.07, 6.45) is 1.36. The number of amides is 1. The number of aliphatic hydroxyl groups is 1. The molecule has 7 nitrogen and oxygen atoms in total. The summed E-state index contributed by atoms with van der Waals surface area (Å²) in [7, 11) is 3.00. The Balaban J connectivity index is 2.12. The van der Waals surface area contributed by atoms with Crippen molar-refractivity contribution in [1.29, 1.82) is 0 Å². The zero-order chi connectivity index (χ0) is 22.5. The van der Waals surface area contributed by atoms with E-state index in [1.807, 2.05) is 19.1 Å². The fraction of sp³-hybridized carbons (Fsp3) is 0.333. The molecule has 164 valence electrons. The minimum atomic E-state index is -0.834. The lowest BCUT2D eigenvalue weighted by Gasteiger charge is -2.25. The molecule has 1 atom stereocenters. The van der Waals surface area contributed by atoms with Gasteiger partial charge in [0.1, 0.15) is 5.76 Å². The van der Waals surface area contributed by atoms with Crippen molar-refractivity contribution in [3.63, 3.8) is 0 Å². The number of ketones is 1. The SMILES string of the molecule is CCc1ccc(/C(O)=C2/C(=O)C(=O)N(CCCOC)C2c2ccc(OC)c(O)c2)cc1. The normalized spacial score (nSPS) is 17.9. The van der Waals surface area contributed by atoms with Crippen LogP contribution < -0.4 is 4.74 Å². The van der Waals surface area contributed by atoms with Crippen molar-refractivity contribution < 1.29 is 29.3 Å². The number of aliphatic hydroxyl groups excluding tert-OH is 1. The molecule has 7 heteroatoms. The molecule has 0 saturated carbocycles. The van der Waals surface area contributed by atoms with E-state index in [-0.39, 0.29) is 29.4 Å². The van der Waals surface area contributed by atoms with Gasteiger partial charge in [-0.1, -0.05) is 37.3 Å². The van der Waals surface area contributed by atoms with E-state index in [4.69, 9.17) is 9.47 Å². The van der Waals surface area contributed by atoms with Crippen LogP contribution in [0.1, 0.15) is 36.1 Å². The van der Waals surface area contributed by atoms with E-state index in [2.05, 4.69) is 0 Å². The number of hydrogen-bond donors (Lipinski definition) is 2. The molecule has 0 radical (unpaired) electrons. The van der Waals surface area contributed by atoms with Gasteiger partial charge in [0.2, 0.25) is 0 Å². The molecule has 2 aromatic carbocycles. The van der Waals surface area contributed by atoms with E-state index in [0.29, 0.717) is 24.2 Å². The molecule has 2 N–H and O–H groups in total. The molecule has 0 spiro atoms. The van der Waals surface area contributed by atoms with Crippen LogP contribution in [-0.4, -0.2) is 54.2 Å². The highest BCUT2D eigenvalue weighted by Crippen LogP contribution is 2.41. The van der Waals surface area contributed by atoms with E-state index < -0.39 is 17.7 Å². The summed E-state index contributed by atoms with van der Waals surface area (Å²) in [4.78, 5) is 27.2. The maximum Gasteiger partial charge on any atom is 0.295 e. The molecule has 1 aliphatic heterocycles. The number of rotatable bonds is 8. The third-order valence-electron chi connectivity index (χ3n) is 5.44. The zero-order valence-corrected chi connectivity index (χ0v) is 17.9. The van der Waals surface area contributed by atoms with Crippen LogP contribution in [0, 0.1) is 0 Å². The summed E-state index contributed by atoms with van der Waals surface area (Å²) in [5.41, 5.74) is 2.04. The van der Waals surface area contributed by atoms with E-state index in [1.54, 1.807) is 31.4 Å². The zero-order valence-electron chi connectivity index (χ0n) is 17.9. The molecular weight excluding hydrogens is 398 g/mol. The van der Waals surface area contributed by atoms with E-state index >= 15 is 0 Å². The van der Waals surface area contributed by atoms with Crippen molar-refractivity contribution >= 4 is 17.4 Å². The molecule has 1 unspecified atom stereocenters. The predicted octanol–water partition coefficient (Wildman–Crippen LogP) is 3.42. The van der Waals surface area contributed by atoms with Crippen LogP contribution >= 0.6 is 0 Å². The second kappa shape index (κ2) is 9.66. The summed E-state index contributed by atoms with van der Waals surface area (Å²) in [6, 6.07) is 11.1. The number of ether oxygens (including phenoxy) is 2. The molecule has 1 amide bonds. The van der Waals surface area contributed by atoms with Crippen LogP contribution in [0.3, 0.4) is 0 Å². The summed E-state index contributed by atoms with van der Waals surface area (Å²) >= 11 is 0. The average Bonchev–Trinajstić information content (AvgIpc) is 3.03. The van der Waals surface area contributed by atoms with Gasteiger partial charge in [0, 0.05) is 25.8 Å². The van der Waals surface area contributed by atoms with Gasteiger partial charge in [-0.25, -0.2) is 0 Å². The first kappa shape index (κ1) is 22.4. The molecule has 1 saturated heterocycles. The van der Waals surface area contributed by atoms with E-state index in [0.717, 1.165) is 12.0 Å². The van der Waals surface area contributed by atoms with Crippen molar-refractivity contribution in [2.45, 2.75) is 25.8 Å². The number of nitrogens with zero attached hydrogens (tertiary/aromatic N) is 1. The molecule has 0 aromatic heterocycles. The summed E-state index contributed by atoms with van der Waals surface area (Å²) in [5, 5.41) is 21.3. The predicted molar refractivity (Wildman–Crippen MR) is 116 cm³/mol. The largest absolute Gasteiger partial charge is 0.507 e. The molecular formula is C24H27NO6. The Hall–Kier alpha value is -3.32. The Labute approximate surface area is 181 Å². The van der Waals surface area contributed by atoms with Crippen LogP contribution in [0.4, 0.5) is 0 Å². The number of aryl methyl sites for hydroxylation is 1. The number of carbonyl (C=O) groups excluding carboxylic acids is 2. The molecule has 1 aliphatic rings. The Bertz CT molecular complexity index is 996. The van der Waals surface area contributed by atoms with Gasteiger partial charge >= 0.3 is 0 Å². The minimum absolute atomic E-state index is 0.00349. The summed E-state index contributed by atoms with van der Waals surface area (Å²) in [6.45, 7) is 2.71. The van der Waals surface area contributed by atoms with E-state index in [1.165, 1.54) is 18.1 Å². The Kier molecular flexibility index (Phi) is 6.97. The maximum atomic E-state index is 13.0. The van der Waals surface area contributed by atoms with Gasteiger partial charge in [0.25, 0.3) is 11.7 Å². The van der Waals surface area contributed by atoms with Gasteiger partial charge in [-0.2, -0.15) is 0 Å². The third kappa shape index (κ3) is 4.41. The fourth-order valence-electron chi connectivity index (χ4n) is 3.77. The quantitative estimate of drug-likeness (QED) is 0.291. The number of aromatic hydroxyl groups is 1. The third-order valence-corrected chi connectivity index (χ3v) is 5.44. The monoisotopic (exact) mass is 425 g/mol. The molecule has 31 heavy (non-hydrogen) atoms. The number of hydrogen-bond acceptors (Lipinski definition) is 6. The van der Waals surface area contributed by atoms with Crippen molar-refractivity contribution in [2.24, 2.45) is 0 Å². The van der Waals surface area contributed by atoms with Gasteiger partial charge in [-0.15, -0.1) is 0 Å². The lowest BCUT2D eigenvalue weighted by atomic mass is 9.94.